The van der Waals surface area contributed by atoms with Crippen molar-refractivity contribution in [1.29, 1.82) is 0 Å². The number of nitrogens with two attached hydrogens (primary N) is 1. The van der Waals surface area contributed by atoms with Crippen molar-refractivity contribution in [1.82, 2.24) is 0 Å². The highest BCUT2D eigenvalue weighted by Crippen LogP contribution is 2.13. The predicted molar refractivity (Wildman–Crippen MR) is 107 cm³/mol. The van der Waals surface area contributed by atoms with Gasteiger partial charge >= 0.3 is 0 Å². The minimum absolute atomic E-state index is 0.00219. The van der Waals surface area contributed by atoms with Gasteiger partial charge in [-0.2, -0.15) is 0 Å². The monoisotopic (exact) mass is 389 g/mol. The Kier molecular flexibility index (Phi) is 7.24. The Labute approximate surface area is 165 Å². The number of amides is 1. The lowest BCUT2D eigenvalue weighted by Gasteiger charge is -2.23. The molecule has 1 atom stereocenters. The van der Waals surface area contributed by atoms with Gasteiger partial charge in [-0.15, -0.1) is 0 Å². The second-order valence-electron chi connectivity index (χ2n) is 7.06. The first-order valence-electron chi connectivity index (χ1n) is 9.49. The second kappa shape index (κ2) is 9.85. The second-order valence-corrected chi connectivity index (χ2v) is 7.50. The van der Waals surface area contributed by atoms with Crippen molar-refractivity contribution >= 4 is 23.2 Å². The molecule has 5 nitrogen and oxygen atoms in total. The number of hydrogen-bond donors (Lipinski definition) is 3. The molecule has 144 valence electrons. The molecule has 1 saturated heterocycles. The number of halogens is 1. The van der Waals surface area contributed by atoms with Gasteiger partial charge in [-0.1, -0.05) is 35.9 Å². The largest absolute Gasteiger partial charge is 0.370 e. The summed E-state index contributed by atoms with van der Waals surface area (Å²) in [7, 11) is 0. The third kappa shape index (κ3) is 6.33. The molecule has 1 heterocycles. The molecule has 0 bridgehead atoms. The molecular weight excluding hydrogens is 362 g/mol. The summed E-state index contributed by atoms with van der Waals surface area (Å²) >= 11 is 5.92. The maximum Gasteiger partial charge on any atom is 0.279 e. The molecule has 6 heteroatoms. The van der Waals surface area contributed by atoms with Crippen molar-refractivity contribution in [3.8, 4) is 0 Å². The minimum atomic E-state index is 0.00219. The van der Waals surface area contributed by atoms with Gasteiger partial charge in [0.2, 0.25) is 0 Å². The molecule has 3 rings (SSSR count). The highest BCUT2D eigenvalue weighted by atomic mass is 35.5. The van der Waals surface area contributed by atoms with Gasteiger partial charge in [0.15, 0.2) is 6.54 Å². The van der Waals surface area contributed by atoms with Crippen LogP contribution in [-0.2, 0) is 16.1 Å². The van der Waals surface area contributed by atoms with E-state index in [0.29, 0.717) is 6.54 Å². The summed E-state index contributed by atoms with van der Waals surface area (Å²) in [5.74, 6) is 0.00219. The average Bonchev–Trinajstić information content (AvgIpc) is 2.69. The number of carbonyl (C=O) groups is 1. The Morgan fingerprint density at radius 3 is 2.48 bits per heavy atom. The van der Waals surface area contributed by atoms with Crippen LogP contribution >= 0.6 is 11.6 Å². The zero-order valence-electron chi connectivity index (χ0n) is 15.7. The molecule has 1 fully saturated rings. The fourth-order valence-corrected chi connectivity index (χ4v) is 3.36. The molecule has 27 heavy (non-hydrogen) atoms. The molecule has 2 aromatic carbocycles. The van der Waals surface area contributed by atoms with Crippen LogP contribution in [0.3, 0.4) is 0 Å². The number of ether oxygens (including phenoxy) is 1. The first-order valence-corrected chi connectivity index (χ1v) is 9.87. The van der Waals surface area contributed by atoms with Crippen LogP contribution in [0.25, 0.3) is 0 Å². The fraction of sp³-hybridized carbons (Fsp3) is 0.381. The Morgan fingerprint density at radius 1 is 1.15 bits per heavy atom. The van der Waals surface area contributed by atoms with Crippen LogP contribution in [0, 0.1) is 0 Å². The van der Waals surface area contributed by atoms with Crippen molar-refractivity contribution in [2.24, 2.45) is 0 Å². The van der Waals surface area contributed by atoms with Crippen molar-refractivity contribution in [3.63, 3.8) is 0 Å². The van der Waals surface area contributed by atoms with Gasteiger partial charge in [0.05, 0.1) is 13.2 Å². The number of benzene rings is 2. The van der Waals surface area contributed by atoms with Crippen LogP contribution in [0.4, 0.5) is 5.69 Å². The fourth-order valence-electron chi connectivity index (χ4n) is 3.23. The zero-order valence-corrected chi connectivity index (χ0v) is 16.5. The highest BCUT2D eigenvalue weighted by Gasteiger charge is 2.14. The lowest BCUT2D eigenvalue weighted by Crippen LogP contribution is -3.12. The van der Waals surface area contributed by atoms with Gasteiger partial charge < -0.3 is 20.3 Å². The first-order chi connectivity index (χ1) is 13.1. The number of quaternary nitrogens is 2. The predicted octanol–water partition coefficient (Wildman–Crippen LogP) is 1.02. The van der Waals surface area contributed by atoms with Crippen LogP contribution in [0.5, 0.6) is 0 Å². The van der Waals surface area contributed by atoms with E-state index in [4.69, 9.17) is 16.3 Å². The molecule has 0 aromatic heterocycles. The minimum Gasteiger partial charge on any atom is -0.370 e. The zero-order chi connectivity index (χ0) is 19.1. The van der Waals surface area contributed by atoms with E-state index in [1.54, 1.807) is 4.90 Å². The van der Waals surface area contributed by atoms with Crippen molar-refractivity contribution in [3.05, 3.63) is 64.7 Å². The smallest absolute Gasteiger partial charge is 0.279 e. The maximum absolute atomic E-state index is 12.2. The lowest BCUT2D eigenvalue weighted by molar-refractivity contribution is -0.921. The summed E-state index contributed by atoms with van der Waals surface area (Å²) < 4.78 is 5.40. The molecule has 4 N–H and O–H groups in total. The number of morpholine rings is 1. The summed E-state index contributed by atoms with van der Waals surface area (Å²) in [5.41, 5.74) is 3.28. The van der Waals surface area contributed by atoms with Gasteiger partial charge in [-0.05, 0) is 31.2 Å². The molecular formula is C21H28ClN3O2+2. The maximum atomic E-state index is 12.2. The first kappa shape index (κ1) is 19.8. The summed E-state index contributed by atoms with van der Waals surface area (Å²) in [6.07, 6.45) is 0. The van der Waals surface area contributed by atoms with E-state index in [1.165, 1.54) is 5.56 Å². The van der Waals surface area contributed by atoms with Gasteiger partial charge in [-0.3, -0.25) is 4.79 Å². The average molecular weight is 390 g/mol. The Hall–Kier alpha value is -1.92. The van der Waals surface area contributed by atoms with Crippen molar-refractivity contribution < 1.29 is 19.7 Å². The van der Waals surface area contributed by atoms with E-state index in [0.717, 1.165) is 49.1 Å². The van der Waals surface area contributed by atoms with E-state index < -0.39 is 0 Å². The SMILES string of the molecule is C[C@H]([NH2+]CC(=O)Nc1ccc(C[NH+]2CCOCC2)cc1)c1ccc(Cl)cc1. The summed E-state index contributed by atoms with van der Waals surface area (Å²) in [4.78, 5) is 13.8. The van der Waals surface area contributed by atoms with Crippen molar-refractivity contribution in [2.75, 3.05) is 38.2 Å². The van der Waals surface area contributed by atoms with Gasteiger partial charge in [0, 0.05) is 21.8 Å². The number of rotatable bonds is 7. The third-order valence-electron chi connectivity index (χ3n) is 4.94. The molecule has 1 amide bonds. The highest BCUT2D eigenvalue weighted by molar-refractivity contribution is 6.30. The summed E-state index contributed by atoms with van der Waals surface area (Å²) in [5, 5.41) is 5.72. The standard InChI is InChI=1S/C21H26ClN3O2/c1-16(18-4-6-19(22)7-5-18)23-14-21(26)24-20-8-2-17(3-9-20)15-25-10-12-27-13-11-25/h2-9,16,23H,10-15H2,1H3,(H,24,26)/p+2/t16-/m0/s1. The molecule has 2 aromatic rings. The molecule has 1 aliphatic rings. The number of hydrogen-bond acceptors (Lipinski definition) is 2. The van der Waals surface area contributed by atoms with Crippen LogP contribution in [0.15, 0.2) is 48.5 Å². The van der Waals surface area contributed by atoms with Crippen molar-refractivity contribution in [2.45, 2.75) is 19.5 Å². The van der Waals surface area contributed by atoms with Crippen LogP contribution in [0.2, 0.25) is 5.02 Å². The van der Waals surface area contributed by atoms with Crippen LogP contribution in [0.1, 0.15) is 24.1 Å². The molecule has 1 aliphatic heterocycles. The Morgan fingerprint density at radius 2 is 1.81 bits per heavy atom. The number of nitrogens with one attached hydrogen (secondary N) is 2. The number of anilines is 1. The van der Waals surface area contributed by atoms with Gasteiger partial charge in [0.1, 0.15) is 25.7 Å². The van der Waals surface area contributed by atoms with Crippen LogP contribution < -0.4 is 15.5 Å². The van der Waals surface area contributed by atoms with E-state index in [2.05, 4.69) is 24.4 Å². The Bertz CT molecular complexity index is 728. The Balaban J connectivity index is 1.44. The van der Waals surface area contributed by atoms with Crippen LogP contribution in [-0.4, -0.2) is 38.8 Å². The summed E-state index contributed by atoms with van der Waals surface area (Å²) in [6.45, 7) is 7.26. The molecule has 0 spiro atoms. The van der Waals surface area contributed by atoms with E-state index in [1.807, 2.05) is 41.7 Å². The molecule has 0 aliphatic carbocycles. The third-order valence-corrected chi connectivity index (χ3v) is 5.20. The van der Waals surface area contributed by atoms with Gasteiger partial charge in [-0.25, -0.2) is 0 Å². The van der Waals surface area contributed by atoms with E-state index in [-0.39, 0.29) is 11.9 Å². The quantitative estimate of drug-likeness (QED) is 0.662. The normalized spacial score (nSPS) is 16.1. The van der Waals surface area contributed by atoms with E-state index >= 15 is 0 Å². The number of carbonyl (C=O) groups excluding carboxylic acids is 1. The molecule has 0 saturated carbocycles. The molecule has 0 radical (unpaired) electrons. The lowest BCUT2D eigenvalue weighted by atomic mass is 10.1. The topological polar surface area (TPSA) is 59.4 Å². The molecule has 0 unspecified atom stereocenters. The van der Waals surface area contributed by atoms with E-state index in [9.17, 15) is 4.79 Å². The summed E-state index contributed by atoms with van der Waals surface area (Å²) in [6, 6.07) is 16.1. The van der Waals surface area contributed by atoms with Gasteiger partial charge in [0.25, 0.3) is 5.91 Å².